The molecule has 0 amide bonds. The van der Waals surface area contributed by atoms with E-state index in [9.17, 15) is 14.7 Å². The molecule has 5 rings (SSSR count). The minimum Gasteiger partial charge on any atom is -0.459 e. The largest absolute Gasteiger partial charge is 0.459 e. The molecule has 3 heterocycles. The molecule has 2 saturated carbocycles. The van der Waals surface area contributed by atoms with E-state index in [1.165, 1.54) is 0 Å². The van der Waals surface area contributed by atoms with Gasteiger partial charge < -0.3 is 24.1 Å². The molecular formula is C19H22O7. The quantitative estimate of drug-likeness (QED) is 0.331. The smallest absolute Gasteiger partial charge is 0.340 e. The molecule has 3 saturated heterocycles. The van der Waals surface area contributed by atoms with Crippen LogP contribution in [0.5, 0.6) is 0 Å². The molecule has 0 bridgehead atoms. The fraction of sp³-hybridized carbons (Fsp3) is 0.684. The maximum Gasteiger partial charge on any atom is 0.340 e. The lowest BCUT2D eigenvalue weighted by Crippen LogP contribution is -2.43. The van der Waals surface area contributed by atoms with E-state index in [-0.39, 0.29) is 11.8 Å². The third-order valence-corrected chi connectivity index (χ3v) is 6.79. The van der Waals surface area contributed by atoms with Gasteiger partial charge in [-0.15, -0.1) is 0 Å². The number of hydrogen-bond acceptors (Lipinski definition) is 7. The zero-order chi connectivity index (χ0) is 18.4. The minimum absolute atomic E-state index is 0.0461. The topological polar surface area (TPSA) is 97.9 Å². The molecule has 1 unspecified atom stereocenters. The number of carbonyl (C=O) groups excluding carboxylic acids is 2. The average Bonchev–Trinajstić information content (AvgIpc) is 3.47. The van der Waals surface area contributed by atoms with Crippen LogP contribution in [0.25, 0.3) is 0 Å². The van der Waals surface area contributed by atoms with Crippen LogP contribution in [-0.4, -0.2) is 59.8 Å². The fourth-order valence-corrected chi connectivity index (χ4v) is 5.02. The molecule has 2 aliphatic carbocycles. The molecule has 0 radical (unpaired) electrons. The summed E-state index contributed by atoms with van der Waals surface area (Å²) >= 11 is 0. The first-order valence-corrected chi connectivity index (χ1v) is 9.01. The maximum absolute atomic E-state index is 12.4. The molecule has 7 nitrogen and oxygen atoms in total. The molecule has 26 heavy (non-hydrogen) atoms. The van der Waals surface area contributed by atoms with E-state index in [1.54, 1.807) is 6.92 Å². The van der Waals surface area contributed by atoms with Crippen molar-refractivity contribution in [1.29, 1.82) is 0 Å². The Morgan fingerprint density at radius 3 is 2.62 bits per heavy atom. The number of aliphatic hydroxyl groups is 1. The van der Waals surface area contributed by atoms with Gasteiger partial charge in [0.05, 0.1) is 25.2 Å². The van der Waals surface area contributed by atoms with Gasteiger partial charge in [0.2, 0.25) is 0 Å². The van der Waals surface area contributed by atoms with Crippen molar-refractivity contribution in [3.8, 4) is 0 Å². The van der Waals surface area contributed by atoms with Crippen molar-refractivity contribution in [2.75, 3.05) is 13.2 Å². The zero-order valence-electron chi connectivity index (χ0n) is 14.6. The van der Waals surface area contributed by atoms with Gasteiger partial charge in [0.15, 0.2) is 5.60 Å². The van der Waals surface area contributed by atoms with E-state index in [0.29, 0.717) is 31.6 Å². The lowest BCUT2D eigenvalue weighted by Gasteiger charge is -2.30. The predicted octanol–water partition coefficient (Wildman–Crippen LogP) is 0.511. The van der Waals surface area contributed by atoms with Crippen molar-refractivity contribution in [3.05, 3.63) is 24.3 Å². The molecular weight excluding hydrogens is 340 g/mol. The van der Waals surface area contributed by atoms with Gasteiger partial charge >= 0.3 is 11.9 Å². The first-order valence-electron chi connectivity index (χ1n) is 9.01. The number of ether oxygens (including phenoxy) is 4. The number of rotatable bonds is 2. The van der Waals surface area contributed by atoms with Crippen LogP contribution >= 0.6 is 0 Å². The summed E-state index contributed by atoms with van der Waals surface area (Å²) in [6.45, 7) is 10.5. The molecule has 5 fully saturated rings. The normalized spacial score (nSPS) is 51.5. The van der Waals surface area contributed by atoms with E-state index in [1.807, 2.05) is 0 Å². The Hall–Kier alpha value is -1.70. The summed E-state index contributed by atoms with van der Waals surface area (Å²) in [5, 5.41) is 10.5. The summed E-state index contributed by atoms with van der Waals surface area (Å²) in [7, 11) is 0. The van der Waals surface area contributed by atoms with Crippen LogP contribution in [-0.2, 0) is 28.5 Å². The Labute approximate surface area is 150 Å². The lowest BCUT2D eigenvalue weighted by molar-refractivity contribution is -0.158. The van der Waals surface area contributed by atoms with E-state index in [4.69, 9.17) is 18.9 Å². The first-order chi connectivity index (χ1) is 12.3. The Balaban J connectivity index is 1.51. The highest BCUT2D eigenvalue weighted by atomic mass is 16.6. The fourth-order valence-electron chi connectivity index (χ4n) is 5.02. The third-order valence-electron chi connectivity index (χ3n) is 6.79. The van der Waals surface area contributed by atoms with Crippen molar-refractivity contribution < 1.29 is 33.6 Å². The van der Waals surface area contributed by atoms with E-state index in [0.717, 1.165) is 5.57 Å². The molecule has 0 aromatic heterocycles. The highest BCUT2D eigenvalue weighted by Gasteiger charge is 2.71. The molecule has 140 valence electrons. The SMILES string of the molecule is C=C1C(=O)O[C@H]2[C@H]1[C@@H](OC(=O)C1(C)CO1)CC(=C)[C@@H]1C[C@H](O)[C@@]3(CO3)[C@H]21. The van der Waals surface area contributed by atoms with Crippen LogP contribution < -0.4 is 0 Å². The second kappa shape index (κ2) is 4.97. The highest BCUT2D eigenvalue weighted by molar-refractivity contribution is 5.91. The zero-order valence-corrected chi connectivity index (χ0v) is 14.6. The van der Waals surface area contributed by atoms with Gasteiger partial charge in [-0.2, -0.15) is 0 Å². The van der Waals surface area contributed by atoms with Gasteiger partial charge in [-0.3, -0.25) is 0 Å². The Kier molecular flexibility index (Phi) is 3.15. The number of esters is 2. The van der Waals surface area contributed by atoms with Crippen LogP contribution in [0.15, 0.2) is 24.3 Å². The van der Waals surface area contributed by atoms with Gasteiger partial charge in [0.1, 0.15) is 17.8 Å². The van der Waals surface area contributed by atoms with Gasteiger partial charge in [-0.25, -0.2) is 9.59 Å². The summed E-state index contributed by atoms with van der Waals surface area (Å²) in [5.41, 5.74) is -0.396. The summed E-state index contributed by atoms with van der Waals surface area (Å²) < 4.78 is 22.3. The van der Waals surface area contributed by atoms with Gasteiger partial charge in [0, 0.05) is 17.9 Å². The second-order valence-electron chi connectivity index (χ2n) is 8.37. The van der Waals surface area contributed by atoms with Gasteiger partial charge in [-0.1, -0.05) is 18.7 Å². The van der Waals surface area contributed by atoms with Crippen molar-refractivity contribution in [3.63, 3.8) is 0 Å². The summed E-state index contributed by atoms with van der Waals surface area (Å²) in [6, 6.07) is 0. The van der Waals surface area contributed by atoms with Crippen molar-refractivity contribution in [2.45, 2.75) is 49.3 Å². The van der Waals surface area contributed by atoms with E-state index >= 15 is 0 Å². The van der Waals surface area contributed by atoms with Gasteiger partial charge in [0.25, 0.3) is 0 Å². The lowest BCUT2D eigenvalue weighted by atomic mass is 9.78. The number of epoxide rings is 2. The molecule has 1 spiro atoms. The molecule has 0 aromatic carbocycles. The number of carbonyl (C=O) groups is 2. The predicted molar refractivity (Wildman–Crippen MR) is 86.8 cm³/mol. The Morgan fingerprint density at radius 2 is 2.00 bits per heavy atom. The van der Waals surface area contributed by atoms with Crippen molar-refractivity contribution in [1.82, 2.24) is 0 Å². The van der Waals surface area contributed by atoms with Crippen LogP contribution in [0, 0.1) is 17.8 Å². The van der Waals surface area contributed by atoms with Crippen LogP contribution in [0.2, 0.25) is 0 Å². The summed E-state index contributed by atoms with van der Waals surface area (Å²) in [4.78, 5) is 24.7. The molecule has 8 atom stereocenters. The minimum atomic E-state index is -0.902. The number of aliphatic hydroxyl groups excluding tert-OH is 1. The highest BCUT2D eigenvalue weighted by Crippen LogP contribution is 2.60. The average molecular weight is 362 g/mol. The Morgan fingerprint density at radius 1 is 1.31 bits per heavy atom. The van der Waals surface area contributed by atoms with Crippen LogP contribution in [0.3, 0.4) is 0 Å². The standard InChI is InChI=1S/C19H22O7/c1-8-4-11(25-17(22)18(3)6-23-18)13-9(2)16(21)26-15(13)14-10(8)5-12(20)19(14)7-24-19/h10-15,20H,1-2,4-7H2,3H3/t10-,11-,12-,13+,14-,15-,18?,19-/m0/s1. The van der Waals surface area contributed by atoms with Gasteiger partial charge in [-0.05, 0) is 19.3 Å². The molecule has 1 N–H and O–H groups in total. The van der Waals surface area contributed by atoms with E-state index in [2.05, 4.69) is 13.2 Å². The summed E-state index contributed by atoms with van der Waals surface area (Å²) in [6.07, 6.45) is -0.815. The van der Waals surface area contributed by atoms with Crippen LogP contribution in [0.1, 0.15) is 19.8 Å². The van der Waals surface area contributed by atoms with Crippen LogP contribution in [0.4, 0.5) is 0 Å². The van der Waals surface area contributed by atoms with Crippen molar-refractivity contribution >= 4 is 11.9 Å². The molecule has 5 aliphatic rings. The maximum atomic E-state index is 12.4. The van der Waals surface area contributed by atoms with E-state index < -0.39 is 47.4 Å². The molecule has 0 aromatic rings. The van der Waals surface area contributed by atoms with Crippen molar-refractivity contribution in [2.24, 2.45) is 17.8 Å². The summed E-state index contributed by atoms with van der Waals surface area (Å²) in [5.74, 6) is -1.62. The molecule has 3 aliphatic heterocycles. The number of hydrogen-bond donors (Lipinski definition) is 1. The third kappa shape index (κ3) is 2.05. The Bertz CT molecular complexity index is 732. The second-order valence-corrected chi connectivity index (χ2v) is 8.37. The first kappa shape index (κ1) is 16.5. The molecule has 7 heteroatoms. The number of fused-ring (bicyclic) bond motifs is 4. The monoisotopic (exact) mass is 362 g/mol.